The zero-order chi connectivity index (χ0) is 30.0. The standard InChI is InChI=1S/C31H32N4O7/c1-34-14-11-18-7-5-8-21(28(18)34)26-27(30(38)33-29(26)37)22-17-35(24-15-19(40-2)9-10-20(22)24)13-6-12-32-23(31(39)42-4)16-25(36)41-3/h5,7-11,14-15,17,23,32H,6,12-13,16H2,1-4H3,(H,33,37,38). The molecule has 1 atom stereocenters. The summed E-state index contributed by atoms with van der Waals surface area (Å²) in [5.74, 6) is -1.33. The van der Waals surface area contributed by atoms with Crippen molar-refractivity contribution < 1.29 is 33.4 Å². The first-order chi connectivity index (χ1) is 20.3. The second-order valence-corrected chi connectivity index (χ2v) is 9.99. The van der Waals surface area contributed by atoms with Gasteiger partial charge in [0.15, 0.2) is 0 Å². The lowest BCUT2D eigenvalue weighted by Crippen LogP contribution is -2.40. The Balaban J connectivity index is 1.52. The van der Waals surface area contributed by atoms with Gasteiger partial charge in [-0.3, -0.25) is 24.5 Å². The predicted molar refractivity (Wildman–Crippen MR) is 156 cm³/mol. The van der Waals surface area contributed by atoms with Crippen molar-refractivity contribution in [1.29, 1.82) is 0 Å². The van der Waals surface area contributed by atoms with Crippen molar-refractivity contribution in [3.63, 3.8) is 0 Å². The Bertz CT molecular complexity index is 1750. The highest BCUT2D eigenvalue weighted by molar-refractivity contribution is 6.50. The summed E-state index contributed by atoms with van der Waals surface area (Å²) < 4.78 is 18.9. The lowest BCUT2D eigenvalue weighted by atomic mass is 9.94. The monoisotopic (exact) mass is 572 g/mol. The molecule has 2 N–H and O–H groups in total. The van der Waals surface area contributed by atoms with Gasteiger partial charge in [0.25, 0.3) is 11.8 Å². The molecule has 4 aromatic rings. The molecule has 218 valence electrons. The maximum atomic E-state index is 13.3. The molecule has 0 saturated heterocycles. The third-order valence-corrected chi connectivity index (χ3v) is 7.51. The molecule has 0 spiro atoms. The SMILES string of the molecule is COC(=O)CC(NCCCn1cc(C2=C(c3cccc4ccn(C)c34)C(=O)NC2=O)c2ccc(OC)cc21)C(=O)OC. The second kappa shape index (κ2) is 11.9. The van der Waals surface area contributed by atoms with E-state index in [2.05, 4.69) is 15.4 Å². The number of amides is 2. The highest BCUT2D eigenvalue weighted by Crippen LogP contribution is 2.39. The number of ether oxygens (including phenoxy) is 3. The van der Waals surface area contributed by atoms with Crippen LogP contribution in [0.15, 0.2) is 54.9 Å². The van der Waals surface area contributed by atoms with Crippen molar-refractivity contribution in [1.82, 2.24) is 19.8 Å². The summed E-state index contributed by atoms with van der Waals surface area (Å²) in [7, 11) is 6.01. The van der Waals surface area contributed by atoms with Gasteiger partial charge >= 0.3 is 11.9 Å². The van der Waals surface area contributed by atoms with Crippen molar-refractivity contribution in [2.24, 2.45) is 7.05 Å². The number of imide groups is 1. The molecule has 2 aromatic heterocycles. The van der Waals surface area contributed by atoms with Crippen molar-refractivity contribution in [2.75, 3.05) is 27.9 Å². The zero-order valence-electron chi connectivity index (χ0n) is 23.9. The number of rotatable bonds is 11. The average Bonchev–Trinajstić information content (AvgIpc) is 3.65. The number of aromatic nitrogens is 2. The number of hydrogen-bond acceptors (Lipinski definition) is 8. The molecule has 2 aromatic carbocycles. The average molecular weight is 573 g/mol. The molecule has 0 radical (unpaired) electrons. The lowest BCUT2D eigenvalue weighted by molar-refractivity contribution is -0.149. The van der Waals surface area contributed by atoms with Crippen LogP contribution >= 0.6 is 0 Å². The molecule has 1 unspecified atom stereocenters. The van der Waals surface area contributed by atoms with Crippen LogP contribution in [0, 0.1) is 0 Å². The van der Waals surface area contributed by atoms with Gasteiger partial charge in [0, 0.05) is 54.0 Å². The van der Waals surface area contributed by atoms with Gasteiger partial charge in [0.2, 0.25) is 0 Å². The number of benzene rings is 2. The maximum absolute atomic E-state index is 13.3. The first-order valence-corrected chi connectivity index (χ1v) is 13.5. The third kappa shape index (κ3) is 5.26. The van der Waals surface area contributed by atoms with Gasteiger partial charge in [-0.05, 0) is 31.2 Å². The Labute approximate surface area is 242 Å². The second-order valence-electron chi connectivity index (χ2n) is 9.99. The zero-order valence-corrected chi connectivity index (χ0v) is 23.9. The van der Waals surface area contributed by atoms with E-state index in [-0.39, 0.29) is 6.42 Å². The first-order valence-electron chi connectivity index (χ1n) is 13.5. The van der Waals surface area contributed by atoms with Gasteiger partial charge in [-0.15, -0.1) is 0 Å². The molecule has 11 nitrogen and oxygen atoms in total. The summed E-state index contributed by atoms with van der Waals surface area (Å²) in [5.41, 5.74) is 3.62. The number of hydrogen-bond donors (Lipinski definition) is 2. The molecule has 2 amide bonds. The van der Waals surface area contributed by atoms with E-state index in [0.717, 1.165) is 21.8 Å². The smallest absolute Gasteiger partial charge is 0.323 e. The molecule has 0 fully saturated rings. The molecule has 1 aliphatic rings. The normalized spacial score (nSPS) is 14.0. The lowest BCUT2D eigenvalue weighted by Gasteiger charge is -2.15. The highest BCUT2D eigenvalue weighted by Gasteiger charge is 2.35. The molecule has 42 heavy (non-hydrogen) atoms. The van der Waals surface area contributed by atoms with Crippen LogP contribution in [0.3, 0.4) is 0 Å². The summed E-state index contributed by atoms with van der Waals surface area (Å²) in [6.45, 7) is 0.909. The van der Waals surface area contributed by atoms with Crippen LogP contribution in [-0.4, -0.2) is 66.8 Å². The van der Waals surface area contributed by atoms with E-state index in [1.54, 1.807) is 7.11 Å². The fourth-order valence-corrected chi connectivity index (χ4v) is 5.47. The summed E-state index contributed by atoms with van der Waals surface area (Å²) in [5, 5.41) is 7.32. The van der Waals surface area contributed by atoms with Gasteiger partial charge in [-0.1, -0.05) is 18.2 Å². The molecule has 11 heteroatoms. The quantitative estimate of drug-likeness (QED) is 0.160. The summed E-state index contributed by atoms with van der Waals surface area (Å²) in [4.78, 5) is 50.4. The van der Waals surface area contributed by atoms with Crippen LogP contribution < -0.4 is 15.4 Å². The predicted octanol–water partition coefficient (Wildman–Crippen LogP) is 2.79. The fraction of sp³-hybridized carbons (Fsp3) is 0.290. The Kier molecular flexibility index (Phi) is 8.12. The van der Waals surface area contributed by atoms with Crippen LogP contribution in [0.5, 0.6) is 5.75 Å². The Morgan fingerprint density at radius 2 is 1.74 bits per heavy atom. The molecule has 0 saturated carbocycles. The van der Waals surface area contributed by atoms with Gasteiger partial charge < -0.3 is 28.7 Å². The summed E-state index contributed by atoms with van der Waals surface area (Å²) in [6, 6.07) is 12.4. The van der Waals surface area contributed by atoms with E-state index in [9.17, 15) is 19.2 Å². The molecule has 1 aliphatic heterocycles. The number of fused-ring (bicyclic) bond motifs is 2. The number of carbonyl (C=O) groups is 4. The number of esters is 2. The number of aryl methyl sites for hydroxylation is 2. The van der Waals surface area contributed by atoms with Gasteiger partial charge in [0.05, 0.1) is 49.9 Å². The van der Waals surface area contributed by atoms with Gasteiger partial charge in [-0.2, -0.15) is 0 Å². The largest absolute Gasteiger partial charge is 0.497 e. The van der Waals surface area contributed by atoms with Crippen LogP contribution in [-0.2, 0) is 42.2 Å². The Hall–Kier alpha value is -4.90. The van der Waals surface area contributed by atoms with Crippen molar-refractivity contribution in [3.05, 3.63) is 66.0 Å². The number of nitrogens with zero attached hydrogens (tertiary/aromatic N) is 2. The van der Waals surface area contributed by atoms with Gasteiger partial charge in [-0.25, -0.2) is 0 Å². The van der Waals surface area contributed by atoms with E-state index in [0.29, 0.717) is 47.5 Å². The number of carbonyl (C=O) groups excluding carboxylic acids is 4. The summed E-state index contributed by atoms with van der Waals surface area (Å²) in [6.07, 6.45) is 4.22. The number of methoxy groups -OCH3 is 3. The van der Waals surface area contributed by atoms with E-state index >= 15 is 0 Å². The topological polar surface area (TPSA) is 130 Å². The molecule has 3 heterocycles. The fourth-order valence-electron chi connectivity index (χ4n) is 5.47. The van der Waals surface area contributed by atoms with Crippen LogP contribution in [0.4, 0.5) is 0 Å². The molecule has 0 bridgehead atoms. The van der Waals surface area contributed by atoms with Crippen molar-refractivity contribution in [3.8, 4) is 5.75 Å². The van der Waals surface area contributed by atoms with Crippen LogP contribution in [0.25, 0.3) is 33.0 Å². The van der Waals surface area contributed by atoms with E-state index in [1.807, 2.05) is 71.0 Å². The minimum absolute atomic E-state index is 0.148. The number of para-hydroxylation sites is 1. The van der Waals surface area contributed by atoms with Crippen molar-refractivity contribution in [2.45, 2.75) is 25.4 Å². The van der Waals surface area contributed by atoms with Crippen molar-refractivity contribution >= 4 is 56.7 Å². The van der Waals surface area contributed by atoms with Crippen LogP contribution in [0.1, 0.15) is 24.0 Å². The van der Waals surface area contributed by atoms with Crippen LogP contribution in [0.2, 0.25) is 0 Å². The Morgan fingerprint density at radius 3 is 2.45 bits per heavy atom. The first kappa shape index (κ1) is 28.6. The summed E-state index contributed by atoms with van der Waals surface area (Å²) >= 11 is 0. The molecular formula is C31H32N4O7. The highest BCUT2D eigenvalue weighted by atomic mass is 16.5. The minimum Gasteiger partial charge on any atom is -0.497 e. The third-order valence-electron chi connectivity index (χ3n) is 7.51. The van der Waals surface area contributed by atoms with Gasteiger partial charge in [0.1, 0.15) is 11.8 Å². The minimum atomic E-state index is -0.833. The van der Waals surface area contributed by atoms with E-state index < -0.39 is 29.8 Å². The Morgan fingerprint density at radius 1 is 0.976 bits per heavy atom. The molecular weight excluding hydrogens is 540 g/mol. The molecule has 5 rings (SSSR count). The molecule has 0 aliphatic carbocycles. The maximum Gasteiger partial charge on any atom is 0.323 e. The van der Waals surface area contributed by atoms with E-state index in [1.165, 1.54) is 14.2 Å². The number of nitrogens with one attached hydrogen (secondary N) is 2. The van der Waals surface area contributed by atoms with E-state index in [4.69, 9.17) is 9.47 Å².